The van der Waals surface area contributed by atoms with Crippen molar-refractivity contribution < 1.29 is 4.39 Å². The summed E-state index contributed by atoms with van der Waals surface area (Å²) in [5.41, 5.74) is 1.20. The van der Waals surface area contributed by atoms with E-state index in [-0.39, 0.29) is 11.2 Å². The van der Waals surface area contributed by atoms with Crippen LogP contribution in [0.3, 0.4) is 0 Å². The number of likely N-dealkylation sites (N-methyl/N-ethyl adjacent to an activating group) is 1. The third-order valence-electron chi connectivity index (χ3n) is 4.92. The first-order chi connectivity index (χ1) is 9.95. The molecule has 0 amide bonds. The number of benzene rings is 1. The van der Waals surface area contributed by atoms with Gasteiger partial charge in [-0.15, -0.1) is 0 Å². The average molecular weight is 293 g/mol. The molecule has 0 heterocycles. The molecule has 0 aliphatic heterocycles. The monoisotopic (exact) mass is 293 g/mol. The van der Waals surface area contributed by atoms with Crippen molar-refractivity contribution in [1.29, 1.82) is 0 Å². The lowest BCUT2D eigenvalue weighted by Gasteiger charge is -2.37. The summed E-state index contributed by atoms with van der Waals surface area (Å²) in [5.74, 6) is 0.604. The summed E-state index contributed by atoms with van der Waals surface area (Å²) in [5, 5.41) is 3.50. The lowest BCUT2D eigenvalue weighted by Crippen LogP contribution is -2.44. The average Bonchev–Trinajstić information content (AvgIpc) is 2.47. The maximum absolute atomic E-state index is 13.1. The third-order valence-corrected chi connectivity index (χ3v) is 4.92. The minimum Gasteiger partial charge on any atom is -0.316 e. The SMILES string of the molecule is CCCCC(CC)CC(NC)C(C)(C)c1ccc(F)cc1. The molecule has 0 aliphatic carbocycles. The van der Waals surface area contributed by atoms with Crippen molar-refractivity contribution >= 4 is 0 Å². The maximum Gasteiger partial charge on any atom is 0.123 e. The van der Waals surface area contributed by atoms with Crippen LogP contribution in [0.2, 0.25) is 0 Å². The molecule has 21 heavy (non-hydrogen) atoms. The van der Waals surface area contributed by atoms with Gasteiger partial charge in [-0.05, 0) is 37.1 Å². The third kappa shape index (κ3) is 5.10. The number of nitrogens with one attached hydrogen (secondary N) is 1. The second kappa shape index (κ2) is 8.53. The molecular formula is C19H32FN. The van der Waals surface area contributed by atoms with Gasteiger partial charge in [0.1, 0.15) is 5.82 Å². The number of halogens is 1. The fourth-order valence-electron chi connectivity index (χ4n) is 3.17. The van der Waals surface area contributed by atoms with Gasteiger partial charge in [0.15, 0.2) is 0 Å². The molecule has 2 heteroatoms. The molecule has 0 aromatic heterocycles. The minimum absolute atomic E-state index is 0.00207. The van der Waals surface area contributed by atoms with E-state index in [1.165, 1.54) is 37.7 Å². The molecule has 0 saturated heterocycles. The summed E-state index contributed by atoms with van der Waals surface area (Å²) >= 11 is 0. The Bertz CT molecular complexity index is 397. The Kier molecular flexibility index (Phi) is 7.37. The highest BCUT2D eigenvalue weighted by molar-refractivity contribution is 5.26. The van der Waals surface area contributed by atoms with Gasteiger partial charge in [-0.1, -0.05) is 65.5 Å². The van der Waals surface area contributed by atoms with Crippen LogP contribution < -0.4 is 5.32 Å². The fourth-order valence-corrected chi connectivity index (χ4v) is 3.17. The number of hydrogen-bond donors (Lipinski definition) is 1. The van der Waals surface area contributed by atoms with Gasteiger partial charge in [-0.3, -0.25) is 0 Å². The van der Waals surface area contributed by atoms with Crippen molar-refractivity contribution in [2.24, 2.45) is 5.92 Å². The molecule has 1 aromatic carbocycles. The van der Waals surface area contributed by atoms with Gasteiger partial charge in [0.25, 0.3) is 0 Å². The van der Waals surface area contributed by atoms with Crippen LogP contribution >= 0.6 is 0 Å². The summed E-state index contributed by atoms with van der Waals surface area (Å²) < 4.78 is 13.1. The summed E-state index contributed by atoms with van der Waals surface area (Å²) in [4.78, 5) is 0. The Morgan fingerprint density at radius 3 is 2.24 bits per heavy atom. The highest BCUT2D eigenvalue weighted by atomic mass is 19.1. The minimum atomic E-state index is -0.162. The largest absolute Gasteiger partial charge is 0.316 e. The Hall–Kier alpha value is -0.890. The molecule has 120 valence electrons. The zero-order valence-corrected chi connectivity index (χ0v) is 14.4. The van der Waals surface area contributed by atoms with Gasteiger partial charge in [0, 0.05) is 11.5 Å². The molecule has 2 unspecified atom stereocenters. The number of rotatable bonds is 9. The van der Waals surface area contributed by atoms with E-state index >= 15 is 0 Å². The Morgan fingerprint density at radius 2 is 1.76 bits per heavy atom. The molecule has 0 saturated carbocycles. The smallest absolute Gasteiger partial charge is 0.123 e. The molecule has 2 atom stereocenters. The van der Waals surface area contributed by atoms with E-state index in [2.05, 4.69) is 33.0 Å². The number of unbranched alkanes of at least 4 members (excludes halogenated alkanes) is 1. The molecule has 0 spiro atoms. The highest BCUT2D eigenvalue weighted by Gasteiger charge is 2.31. The van der Waals surface area contributed by atoms with Crippen molar-refractivity contribution in [3.05, 3.63) is 35.6 Å². The molecule has 0 aliphatic rings. The highest BCUT2D eigenvalue weighted by Crippen LogP contribution is 2.32. The van der Waals surface area contributed by atoms with Crippen molar-refractivity contribution in [3.63, 3.8) is 0 Å². The number of hydrogen-bond acceptors (Lipinski definition) is 1. The van der Waals surface area contributed by atoms with Crippen molar-refractivity contribution in [3.8, 4) is 0 Å². The Balaban J connectivity index is 2.83. The van der Waals surface area contributed by atoms with Crippen LogP contribution in [0.15, 0.2) is 24.3 Å². The molecular weight excluding hydrogens is 261 g/mol. The summed E-state index contributed by atoms with van der Waals surface area (Å²) in [7, 11) is 2.04. The summed E-state index contributed by atoms with van der Waals surface area (Å²) in [6.07, 6.45) is 6.30. The lowest BCUT2D eigenvalue weighted by atomic mass is 9.73. The van der Waals surface area contributed by atoms with Gasteiger partial charge in [0.2, 0.25) is 0 Å². The quantitative estimate of drug-likeness (QED) is 0.651. The topological polar surface area (TPSA) is 12.0 Å². The molecule has 0 bridgehead atoms. The Morgan fingerprint density at radius 1 is 1.14 bits per heavy atom. The normalized spacial score (nSPS) is 15.0. The molecule has 1 rings (SSSR count). The van der Waals surface area contributed by atoms with Crippen LogP contribution in [-0.2, 0) is 5.41 Å². The fraction of sp³-hybridized carbons (Fsp3) is 0.684. The van der Waals surface area contributed by atoms with Crippen LogP contribution in [0.4, 0.5) is 4.39 Å². The second-order valence-electron chi connectivity index (χ2n) is 6.72. The zero-order valence-electron chi connectivity index (χ0n) is 14.4. The first-order valence-corrected chi connectivity index (χ1v) is 8.38. The van der Waals surface area contributed by atoms with Crippen molar-refractivity contribution in [2.75, 3.05) is 7.05 Å². The van der Waals surface area contributed by atoms with Crippen molar-refractivity contribution in [2.45, 2.75) is 71.3 Å². The molecule has 1 nitrogen and oxygen atoms in total. The molecule has 0 fully saturated rings. The van der Waals surface area contributed by atoms with Gasteiger partial charge in [-0.2, -0.15) is 0 Å². The summed E-state index contributed by atoms with van der Waals surface area (Å²) in [6.45, 7) is 9.06. The van der Waals surface area contributed by atoms with Crippen LogP contribution in [0, 0.1) is 11.7 Å². The molecule has 1 N–H and O–H groups in total. The standard InChI is InChI=1S/C19H32FN/c1-6-8-9-15(7-2)14-18(21-5)19(3,4)16-10-12-17(20)13-11-16/h10-13,15,18,21H,6-9,14H2,1-5H3. The predicted octanol–water partition coefficient (Wildman–Crippen LogP) is 5.30. The Labute approximate surface area is 130 Å². The van der Waals surface area contributed by atoms with Crippen molar-refractivity contribution in [1.82, 2.24) is 5.32 Å². The van der Waals surface area contributed by atoms with Gasteiger partial charge < -0.3 is 5.32 Å². The lowest BCUT2D eigenvalue weighted by molar-refractivity contribution is 0.276. The van der Waals surface area contributed by atoms with Crippen LogP contribution in [0.1, 0.15) is 65.4 Å². The first kappa shape index (κ1) is 18.2. The second-order valence-corrected chi connectivity index (χ2v) is 6.72. The van der Waals surface area contributed by atoms with Crippen LogP contribution in [0.25, 0.3) is 0 Å². The molecule has 0 radical (unpaired) electrons. The van der Waals surface area contributed by atoms with E-state index in [0.717, 1.165) is 5.92 Å². The first-order valence-electron chi connectivity index (χ1n) is 8.38. The van der Waals surface area contributed by atoms with E-state index in [1.807, 2.05) is 19.2 Å². The van der Waals surface area contributed by atoms with E-state index in [0.29, 0.717) is 6.04 Å². The maximum atomic E-state index is 13.1. The van der Waals surface area contributed by atoms with Gasteiger partial charge in [0.05, 0.1) is 0 Å². The predicted molar refractivity (Wildman–Crippen MR) is 90.2 cm³/mol. The van der Waals surface area contributed by atoms with E-state index in [1.54, 1.807) is 12.1 Å². The van der Waals surface area contributed by atoms with E-state index in [9.17, 15) is 4.39 Å². The zero-order chi connectivity index (χ0) is 15.9. The van der Waals surface area contributed by atoms with E-state index in [4.69, 9.17) is 0 Å². The van der Waals surface area contributed by atoms with Crippen LogP contribution in [-0.4, -0.2) is 13.1 Å². The molecule has 1 aromatic rings. The summed E-state index contributed by atoms with van der Waals surface area (Å²) in [6, 6.07) is 7.39. The van der Waals surface area contributed by atoms with E-state index < -0.39 is 0 Å². The van der Waals surface area contributed by atoms with Gasteiger partial charge in [-0.25, -0.2) is 4.39 Å². The van der Waals surface area contributed by atoms with Crippen LogP contribution in [0.5, 0.6) is 0 Å². The van der Waals surface area contributed by atoms with Gasteiger partial charge >= 0.3 is 0 Å².